The van der Waals surface area contributed by atoms with E-state index in [0.717, 1.165) is 44.2 Å². The van der Waals surface area contributed by atoms with Crippen molar-refractivity contribution in [1.82, 2.24) is 19.7 Å². The molecule has 2 N–H and O–H groups in total. The molecule has 5 nitrogen and oxygen atoms in total. The molecule has 122 valence electrons. The minimum Gasteiger partial charge on any atom is -0.329 e. The van der Waals surface area contributed by atoms with E-state index in [2.05, 4.69) is 50.9 Å². The molecular formula is C16H26ClN5. The number of halogens is 1. The second-order valence-corrected chi connectivity index (χ2v) is 5.21. The van der Waals surface area contributed by atoms with Crippen LogP contribution in [0.25, 0.3) is 0 Å². The molecule has 1 aromatic heterocycles. The van der Waals surface area contributed by atoms with Gasteiger partial charge in [-0.15, -0.1) is 22.6 Å². The van der Waals surface area contributed by atoms with Gasteiger partial charge < -0.3 is 10.3 Å². The lowest BCUT2D eigenvalue weighted by atomic mass is 10.1. The molecule has 0 atom stereocenters. The second-order valence-electron chi connectivity index (χ2n) is 5.21. The first-order valence-corrected chi connectivity index (χ1v) is 7.59. The minimum atomic E-state index is 0. The van der Waals surface area contributed by atoms with Gasteiger partial charge in [-0.3, -0.25) is 4.90 Å². The van der Waals surface area contributed by atoms with Crippen molar-refractivity contribution >= 4 is 12.4 Å². The van der Waals surface area contributed by atoms with Gasteiger partial charge in [0.05, 0.1) is 6.54 Å². The zero-order valence-corrected chi connectivity index (χ0v) is 14.2. The highest BCUT2D eigenvalue weighted by Gasteiger charge is 2.12. The Hall–Kier alpha value is -1.43. The highest BCUT2D eigenvalue weighted by Crippen LogP contribution is 2.07. The Morgan fingerprint density at radius 1 is 1.14 bits per heavy atom. The van der Waals surface area contributed by atoms with Crippen molar-refractivity contribution in [3.63, 3.8) is 0 Å². The Labute approximate surface area is 138 Å². The molecule has 0 saturated carbocycles. The number of nitrogens with two attached hydrogens (primary N) is 1. The lowest BCUT2D eigenvalue weighted by molar-refractivity contribution is 0.265. The maximum absolute atomic E-state index is 5.74. The molecule has 0 unspecified atom stereocenters. The molecule has 1 heterocycles. The molecule has 0 spiro atoms. The average Bonchev–Trinajstić information content (AvgIpc) is 2.86. The number of aryl methyl sites for hydroxylation is 1. The number of rotatable bonds is 8. The van der Waals surface area contributed by atoms with E-state index >= 15 is 0 Å². The van der Waals surface area contributed by atoms with Crippen LogP contribution in [0, 0.1) is 6.92 Å². The van der Waals surface area contributed by atoms with Crippen LogP contribution in [0.4, 0.5) is 0 Å². The third kappa shape index (κ3) is 5.09. The summed E-state index contributed by atoms with van der Waals surface area (Å²) in [4.78, 5) is 2.35. The first kappa shape index (κ1) is 18.6. The maximum Gasteiger partial charge on any atom is 0.147 e. The monoisotopic (exact) mass is 323 g/mol. The summed E-state index contributed by atoms with van der Waals surface area (Å²) < 4.78 is 2.16. The molecule has 0 radical (unpaired) electrons. The van der Waals surface area contributed by atoms with Gasteiger partial charge in [-0.1, -0.05) is 30.3 Å². The SMILES string of the molecule is CCn1c(C)nnc1CN(CCN)CCc1ccccc1.Cl. The van der Waals surface area contributed by atoms with E-state index in [9.17, 15) is 0 Å². The quantitative estimate of drug-likeness (QED) is 0.807. The number of hydrogen-bond acceptors (Lipinski definition) is 4. The van der Waals surface area contributed by atoms with E-state index in [1.165, 1.54) is 5.56 Å². The molecule has 0 bridgehead atoms. The Morgan fingerprint density at radius 2 is 1.86 bits per heavy atom. The molecular weight excluding hydrogens is 298 g/mol. The number of hydrogen-bond donors (Lipinski definition) is 1. The number of nitrogens with zero attached hydrogens (tertiary/aromatic N) is 4. The third-order valence-corrected chi connectivity index (χ3v) is 3.70. The maximum atomic E-state index is 5.74. The largest absolute Gasteiger partial charge is 0.329 e. The summed E-state index contributed by atoms with van der Waals surface area (Å²) in [6, 6.07) is 10.5. The Balaban J connectivity index is 0.00000242. The fraction of sp³-hybridized carbons (Fsp3) is 0.500. The van der Waals surface area contributed by atoms with Gasteiger partial charge in [0, 0.05) is 26.2 Å². The smallest absolute Gasteiger partial charge is 0.147 e. The Kier molecular flexibility index (Phi) is 8.09. The lowest BCUT2D eigenvalue weighted by Crippen LogP contribution is -2.32. The first-order valence-electron chi connectivity index (χ1n) is 7.59. The fourth-order valence-corrected chi connectivity index (χ4v) is 2.54. The lowest BCUT2D eigenvalue weighted by Gasteiger charge is -2.21. The van der Waals surface area contributed by atoms with Gasteiger partial charge in [0.2, 0.25) is 0 Å². The zero-order valence-electron chi connectivity index (χ0n) is 13.4. The molecule has 2 aromatic rings. The Bertz CT molecular complexity index is 541. The van der Waals surface area contributed by atoms with E-state index in [1.54, 1.807) is 0 Å². The van der Waals surface area contributed by atoms with E-state index in [-0.39, 0.29) is 12.4 Å². The zero-order chi connectivity index (χ0) is 15.1. The van der Waals surface area contributed by atoms with Crippen molar-refractivity contribution in [3.8, 4) is 0 Å². The van der Waals surface area contributed by atoms with Crippen molar-refractivity contribution in [2.45, 2.75) is 33.4 Å². The molecule has 1 aromatic carbocycles. The summed E-state index contributed by atoms with van der Waals surface area (Å²) in [7, 11) is 0. The highest BCUT2D eigenvalue weighted by molar-refractivity contribution is 5.85. The molecule has 0 aliphatic carbocycles. The molecule has 0 aliphatic rings. The van der Waals surface area contributed by atoms with Gasteiger partial charge in [0.1, 0.15) is 11.6 Å². The standard InChI is InChI=1S/C16H25N5.ClH/c1-3-21-14(2)18-19-16(21)13-20(12-10-17)11-9-15-7-5-4-6-8-15;/h4-8H,3,9-13,17H2,1-2H3;1H. The van der Waals surface area contributed by atoms with E-state index in [0.29, 0.717) is 6.54 Å². The van der Waals surface area contributed by atoms with Crippen LogP contribution in [-0.2, 0) is 19.5 Å². The highest BCUT2D eigenvalue weighted by atomic mass is 35.5. The van der Waals surface area contributed by atoms with Crippen LogP contribution >= 0.6 is 12.4 Å². The van der Waals surface area contributed by atoms with Gasteiger partial charge in [-0.25, -0.2) is 0 Å². The van der Waals surface area contributed by atoms with Crippen molar-refractivity contribution in [1.29, 1.82) is 0 Å². The van der Waals surface area contributed by atoms with Crippen LogP contribution in [0.5, 0.6) is 0 Å². The summed E-state index contributed by atoms with van der Waals surface area (Å²) in [5.41, 5.74) is 7.10. The van der Waals surface area contributed by atoms with Crippen LogP contribution in [-0.4, -0.2) is 39.3 Å². The topological polar surface area (TPSA) is 60.0 Å². The van der Waals surface area contributed by atoms with Crippen LogP contribution in [0.15, 0.2) is 30.3 Å². The van der Waals surface area contributed by atoms with Gasteiger partial charge in [-0.05, 0) is 25.8 Å². The molecule has 22 heavy (non-hydrogen) atoms. The van der Waals surface area contributed by atoms with E-state index in [4.69, 9.17) is 5.73 Å². The van der Waals surface area contributed by atoms with Crippen LogP contribution in [0.2, 0.25) is 0 Å². The predicted molar refractivity (Wildman–Crippen MR) is 92.2 cm³/mol. The van der Waals surface area contributed by atoms with Crippen molar-refractivity contribution in [3.05, 3.63) is 47.5 Å². The van der Waals surface area contributed by atoms with Gasteiger partial charge >= 0.3 is 0 Å². The first-order chi connectivity index (χ1) is 10.2. The van der Waals surface area contributed by atoms with E-state index < -0.39 is 0 Å². The number of aromatic nitrogens is 3. The normalized spacial score (nSPS) is 10.7. The summed E-state index contributed by atoms with van der Waals surface area (Å²) in [6.45, 7) is 8.35. The Morgan fingerprint density at radius 3 is 2.50 bits per heavy atom. The minimum absolute atomic E-state index is 0. The molecule has 2 rings (SSSR count). The molecule has 0 amide bonds. The van der Waals surface area contributed by atoms with Crippen LogP contribution in [0.3, 0.4) is 0 Å². The third-order valence-electron chi connectivity index (χ3n) is 3.70. The molecule has 0 fully saturated rings. The molecule has 6 heteroatoms. The van der Waals surface area contributed by atoms with Crippen molar-refractivity contribution < 1.29 is 0 Å². The van der Waals surface area contributed by atoms with Gasteiger partial charge in [0.15, 0.2) is 0 Å². The summed E-state index contributed by atoms with van der Waals surface area (Å²) in [5.74, 6) is 2.00. The fourth-order valence-electron chi connectivity index (χ4n) is 2.54. The van der Waals surface area contributed by atoms with Crippen molar-refractivity contribution in [2.75, 3.05) is 19.6 Å². The molecule has 0 aliphatic heterocycles. The van der Waals surface area contributed by atoms with E-state index in [1.807, 2.05) is 13.0 Å². The number of benzene rings is 1. The summed E-state index contributed by atoms with van der Waals surface area (Å²) in [5, 5.41) is 8.47. The van der Waals surface area contributed by atoms with Gasteiger partial charge in [0.25, 0.3) is 0 Å². The summed E-state index contributed by atoms with van der Waals surface area (Å²) in [6.07, 6.45) is 1.03. The molecule has 0 saturated heterocycles. The predicted octanol–water partition coefficient (Wildman–Crippen LogP) is 2.03. The van der Waals surface area contributed by atoms with Crippen LogP contribution in [0.1, 0.15) is 24.1 Å². The second kappa shape index (κ2) is 9.56. The average molecular weight is 324 g/mol. The van der Waals surface area contributed by atoms with Crippen LogP contribution < -0.4 is 5.73 Å². The summed E-state index contributed by atoms with van der Waals surface area (Å²) >= 11 is 0. The van der Waals surface area contributed by atoms with Crippen molar-refractivity contribution in [2.24, 2.45) is 5.73 Å². The van der Waals surface area contributed by atoms with Gasteiger partial charge in [-0.2, -0.15) is 0 Å².